The maximum atomic E-state index is 12.4. The molecule has 206 valence electrons. The van der Waals surface area contributed by atoms with Crippen molar-refractivity contribution in [1.29, 1.82) is 0 Å². The van der Waals surface area contributed by atoms with Crippen LogP contribution in [0.25, 0.3) is 0 Å². The normalized spacial score (nSPS) is 47.0. The van der Waals surface area contributed by atoms with Gasteiger partial charge < -0.3 is 23.7 Å². The van der Waals surface area contributed by atoms with Crippen LogP contribution in [0.2, 0.25) is 0 Å². The van der Waals surface area contributed by atoms with Crippen LogP contribution in [0.5, 0.6) is 0 Å². The second kappa shape index (κ2) is 8.68. The average molecular weight is 521 g/mol. The zero-order valence-corrected chi connectivity index (χ0v) is 22.8. The van der Waals surface area contributed by atoms with E-state index in [1.54, 1.807) is 0 Å². The van der Waals surface area contributed by atoms with E-state index in [-0.39, 0.29) is 71.8 Å². The average Bonchev–Trinajstić information content (AvgIpc) is 3.51. The van der Waals surface area contributed by atoms with E-state index < -0.39 is 23.2 Å². The number of fused-ring (bicyclic) bond motifs is 5. The van der Waals surface area contributed by atoms with Gasteiger partial charge in [0.2, 0.25) is 0 Å². The first kappa shape index (κ1) is 26.4. The summed E-state index contributed by atoms with van der Waals surface area (Å²) in [6.45, 7) is 10.4. The quantitative estimate of drug-likeness (QED) is 0.295. The van der Waals surface area contributed by atoms with Crippen molar-refractivity contribution in [2.45, 2.75) is 104 Å². The molecule has 2 bridgehead atoms. The summed E-state index contributed by atoms with van der Waals surface area (Å²) < 4.78 is 29.5. The second-order valence-electron chi connectivity index (χ2n) is 12.7. The molecule has 1 spiro atoms. The Bertz CT molecular complexity index is 1010. The Morgan fingerprint density at radius 3 is 2.03 bits per heavy atom. The topological polar surface area (TPSA) is 118 Å². The lowest BCUT2D eigenvalue weighted by Crippen LogP contribution is -2.67. The highest BCUT2D eigenvalue weighted by Gasteiger charge is 2.84. The van der Waals surface area contributed by atoms with Crippen LogP contribution in [0.3, 0.4) is 0 Å². The molecule has 5 aliphatic rings. The molecule has 2 unspecified atom stereocenters. The van der Waals surface area contributed by atoms with E-state index >= 15 is 0 Å². The lowest BCUT2D eigenvalue weighted by atomic mass is 9.39. The molecule has 0 radical (unpaired) electrons. The number of rotatable bonds is 6. The van der Waals surface area contributed by atoms with Crippen molar-refractivity contribution < 1.29 is 42.9 Å². The van der Waals surface area contributed by atoms with E-state index in [1.165, 1.54) is 27.7 Å². The molecule has 9 heteroatoms. The van der Waals surface area contributed by atoms with E-state index in [2.05, 4.69) is 6.92 Å². The highest BCUT2D eigenvalue weighted by Crippen LogP contribution is 2.78. The lowest BCUT2D eigenvalue weighted by molar-refractivity contribution is -0.251. The fraction of sp³-hybridized carbons (Fsp3) is 0.857. The Kier molecular flexibility index (Phi) is 6.20. The van der Waals surface area contributed by atoms with Crippen molar-refractivity contribution in [2.75, 3.05) is 13.2 Å². The third-order valence-corrected chi connectivity index (χ3v) is 10.8. The number of ether oxygens (including phenoxy) is 5. The van der Waals surface area contributed by atoms with Crippen molar-refractivity contribution in [2.24, 2.45) is 34.0 Å². The monoisotopic (exact) mass is 520 g/mol. The van der Waals surface area contributed by atoms with Gasteiger partial charge in [-0.25, -0.2) is 0 Å². The fourth-order valence-electron chi connectivity index (χ4n) is 9.50. The Morgan fingerprint density at radius 2 is 1.41 bits per heavy atom. The molecular weight excluding hydrogens is 480 g/mol. The van der Waals surface area contributed by atoms with Gasteiger partial charge in [0, 0.05) is 38.5 Å². The molecule has 5 fully saturated rings. The summed E-state index contributed by atoms with van der Waals surface area (Å²) >= 11 is 0. The Labute approximate surface area is 218 Å². The molecular formula is C28H40O9. The maximum absolute atomic E-state index is 12.4. The number of epoxide rings is 1. The first-order chi connectivity index (χ1) is 17.3. The third kappa shape index (κ3) is 3.81. The predicted octanol–water partition coefficient (Wildman–Crippen LogP) is 3.36. The largest absolute Gasteiger partial charge is 0.465 e. The molecule has 4 saturated carbocycles. The van der Waals surface area contributed by atoms with Crippen LogP contribution >= 0.6 is 0 Å². The van der Waals surface area contributed by atoms with Crippen molar-refractivity contribution >= 4 is 23.9 Å². The van der Waals surface area contributed by atoms with E-state index in [1.807, 2.05) is 6.92 Å². The van der Waals surface area contributed by atoms with E-state index in [9.17, 15) is 19.2 Å². The molecule has 4 aliphatic carbocycles. The molecule has 0 amide bonds. The van der Waals surface area contributed by atoms with Crippen LogP contribution in [-0.4, -0.2) is 61.0 Å². The van der Waals surface area contributed by atoms with Crippen molar-refractivity contribution in [3.05, 3.63) is 0 Å². The number of hydrogen-bond donors (Lipinski definition) is 0. The predicted molar refractivity (Wildman–Crippen MR) is 129 cm³/mol. The summed E-state index contributed by atoms with van der Waals surface area (Å²) in [7, 11) is 0. The molecule has 1 heterocycles. The van der Waals surface area contributed by atoms with Gasteiger partial charge in [0.1, 0.15) is 37.1 Å². The minimum Gasteiger partial charge on any atom is -0.465 e. The standard InChI is InChI=1S/C28H40O9/c1-15(29)33-13-26(6)21-11-23(36-18(4)32)27-12-19(28(24(27)37-28)14-34-16(2)30)7-8-20(27)25(21,5)10-9-22(26)35-17(3)31/h19-24H,7-14H2,1-6H3/t19-,20?,21?,22-,23+,24-,25+,26-,27-,28+/m1/s1. The van der Waals surface area contributed by atoms with Crippen LogP contribution in [0, 0.1) is 34.0 Å². The van der Waals surface area contributed by atoms with Crippen LogP contribution < -0.4 is 0 Å². The summed E-state index contributed by atoms with van der Waals surface area (Å²) in [4.78, 5) is 48.0. The van der Waals surface area contributed by atoms with E-state index in [0.29, 0.717) is 12.8 Å². The van der Waals surface area contributed by atoms with Gasteiger partial charge in [-0.1, -0.05) is 13.8 Å². The van der Waals surface area contributed by atoms with Crippen molar-refractivity contribution in [3.63, 3.8) is 0 Å². The summed E-state index contributed by atoms with van der Waals surface area (Å²) in [5.41, 5.74) is -1.68. The van der Waals surface area contributed by atoms with Gasteiger partial charge in [-0.05, 0) is 61.7 Å². The molecule has 0 aromatic carbocycles. The number of carbonyl (C=O) groups is 4. The first-order valence-electron chi connectivity index (χ1n) is 13.6. The van der Waals surface area contributed by atoms with Crippen LogP contribution in [0.4, 0.5) is 0 Å². The van der Waals surface area contributed by atoms with Gasteiger partial charge >= 0.3 is 23.9 Å². The zero-order valence-electron chi connectivity index (χ0n) is 22.8. The molecule has 1 saturated heterocycles. The summed E-state index contributed by atoms with van der Waals surface area (Å²) in [5, 5.41) is 0. The summed E-state index contributed by atoms with van der Waals surface area (Å²) in [5.74, 6) is -0.970. The molecule has 9 nitrogen and oxygen atoms in total. The highest BCUT2D eigenvalue weighted by atomic mass is 16.7. The lowest BCUT2D eigenvalue weighted by Gasteiger charge is -2.66. The second-order valence-corrected chi connectivity index (χ2v) is 12.7. The molecule has 10 atom stereocenters. The Hall–Kier alpha value is -2.16. The zero-order chi connectivity index (χ0) is 27.0. The van der Waals surface area contributed by atoms with Gasteiger partial charge in [0.25, 0.3) is 0 Å². The van der Waals surface area contributed by atoms with Crippen molar-refractivity contribution in [1.82, 2.24) is 0 Å². The minimum absolute atomic E-state index is 0.0174. The highest BCUT2D eigenvalue weighted by molar-refractivity contribution is 5.67. The molecule has 1 aliphatic heterocycles. The summed E-state index contributed by atoms with van der Waals surface area (Å²) in [6, 6.07) is 0. The maximum Gasteiger partial charge on any atom is 0.302 e. The van der Waals surface area contributed by atoms with E-state index in [0.717, 1.165) is 25.7 Å². The van der Waals surface area contributed by atoms with Gasteiger partial charge in [-0.3, -0.25) is 19.2 Å². The SMILES string of the molecule is CC(=O)OC[C@@]12O[C@@H]1[C@]13C[C@H]2CCC1[C@]1(C)CC[C@@H](OC(C)=O)[C@](C)(COC(C)=O)C1C[C@@H]3OC(C)=O. The Morgan fingerprint density at radius 1 is 0.784 bits per heavy atom. The molecule has 0 aromatic heterocycles. The molecule has 37 heavy (non-hydrogen) atoms. The van der Waals surface area contributed by atoms with Crippen LogP contribution in [0.1, 0.15) is 80.1 Å². The number of hydrogen-bond acceptors (Lipinski definition) is 9. The van der Waals surface area contributed by atoms with Crippen LogP contribution in [0.15, 0.2) is 0 Å². The van der Waals surface area contributed by atoms with E-state index in [4.69, 9.17) is 23.7 Å². The van der Waals surface area contributed by atoms with Crippen molar-refractivity contribution in [3.8, 4) is 0 Å². The smallest absolute Gasteiger partial charge is 0.302 e. The Balaban J connectivity index is 1.55. The molecule has 0 N–H and O–H groups in total. The van der Waals surface area contributed by atoms with Gasteiger partial charge in [0.05, 0.1) is 0 Å². The number of esters is 4. The molecule has 0 aromatic rings. The number of carbonyl (C=O) groups excluding carboxylic acids is 4. The minimum atomic E-state index is -0.640. The molecule has 5 rings (SSSR count). The summed E-state index contributed by atoms with van der Waals surface area (Å²) in [6.07, 6.45) is 3.93. The first-order valence-corrected chi connectivity index (χ1v) is 13.6. The van der Waals surface area contributed by atoms with Gasteiger partial charge in [-0.2, -0.15) is 0 Å². The van der Waals surface area contributed by atoms with Gasteiger partial charge in [0.15, 0.2) is 0 Å². The third-order valence-electron chi connectivity index (χ3n) is 10.8. The van der Waals surface area contributed by atoms with Gasteiger partial charge in [-0.15, -0.1) is 0 Å². The fourth-order valence-corrected chi connectivity index (χ4v) is 9.50. The van der Waals surface area contributed by atoms with Crippen LogP contribution in [-0.2, 0) is 42.9 Å².